The predicted molar refractivity (Wildman–Crippen MR) is 72.0 cm³/mol. The molecule has 17 heavy (non-hydrogen) atoms. The normalized spacial score (nSPS) is 14.3. The highest BCUT2D eigenvalue weighted by atomic mass is 32.2. The minimum absolute atomic E-state index is 0.402. The Labute approximate surface area is 106 Å². The summed E-state index contributed by atoms with van der Waals surface area (Å²) in [4.78, 5) is 0.790. The summed E-state index contributed by atoms with van der Waals surface area (Å²) < 4.78 is 17.3. The summed E-state index contributed by atoms with van der Waals surface area (Å²) in [6.07, 6.45) is 0.901. The first-order chi connectivity index (χ1) is 8.19. The van der Waals surface area contributed by atoms with Crippen LogP contribution in [-0.2, 0) is 10.8 Å². The van der Waals surface area contributed by atoms with E-state index in [1.807, 2.05) is 24.3 Å². The summed E-state index contributed by atoms with van der Waals surface area (Å²) in [6, 6.07) is 7.90. The van der Waals surface area contributed by atoms with Gasteiger partial charge in [0.2, 0.25) is 0 Å². The number of para-hydroxylation sites is 1. The van der Waals surface area contributed by atoms with Gasteiger partial charge in [-0.25, -0.2) is 0 Å². The van der Waals surface area contributed by atoms with Gasteiger partial charge in [-0.1, -0.05) is 19.1 Å². The van der Waals surface area contributed by atoms with Crippen LogP contribution in [0.15, 0.2) is 29.2 Å². The van der Waals surface area contributed by atoms with Gasteiger partial charge in [-0.2, -0.15) is 0 Å². The number of hydrogen-bond acceptors (Lipinski definition) is 3. The molecule has 2 atom stereocenters. The van der Waals surface area contributed by atoms with Crippen molar-refractivity contribution in [3.63, 3.8) is 0 Å². The van der Waals surface area contributed by atoms with Crippen molar-refractivity contribution in [2.75, 3.05) is 19.4 Å². The van der Waals surface area contributed by atoms with Gasteiger partial charge in [0.05, 0.1) is 22.8 Å². The van der Waals surface area contributed by atoms with E-state index in [1.54, 1.807) is 7.11 Å². The fraction of sp³-hybridized carbons (Fsp3) is 0.538. The van der Waals surface area contributed by atoms with Crippen molar-refractivity contribution in [1.82, 2.24) is 5.32 Å². The van der Waals surface area contributed by atoms with E-state index < -0.39 is 10.8 Å². The predicted octanol–water partition coefficient (Wildman–Crippen LogP) is 2.19. The first-order valence-electron chi connectivity index (χ1n) is 5.93. The molecule has 3 nitrogen and oxygen atoms in total. The number of benzene rings is 1. The van der Waals surface area contributed by atoms with Crippen LogP contribution in [0.4, 0.5) is 0 Å². The highest BCUT2D eigenvalue weighted by molar-refractivity contribution is 7.85. The molecule has 0 fully saturated rings. The summed E-state index contributed by atoms with van der Waals surface area (Å²) >= 11 is 0. The fourth-order valence-electron chi connectivity index (χ4n) is 1.65. The lowest BCUT2D eigenvalue weighted by molar-refractivity contribution is 0.404. The smallest absolute Gasteiger partial charge is 0.134 e. The Hall–Kier alpha value is -0.870. The molecule has 0 aliphatic rings. The number of hydrogen-bond donors (Lipinski definition) is 1. The second kappa shape index (κ2) is 7.45. The van der Waals surface area contributed by atoms with Gasteiger partial charge in [0.15, 0.2) is 0 Å². The number of rotatable bonds is 7. The van der Waals surface area contributed by atoms with E-state index in [1.165, 1.54) is 0 Å². The molecule has 0 aliphatic carbocycles. The number of nitrogens with one attached hydrogen (secondary N) is 1. The van der Waals surface area contributed by atoms with Crippen LogP contribution in [0.3, 0.4) is 0 Å². The van der Waals surface area contributed by atoms with Crippen LogP contribution in [0.25, 0.3) is 0 Å². The van der Waals surface area contributed by atoms with E-state index in [-0.39, 0.29) is 0 Å². The first-order valence-corrected chi connectivity index (χ1v) is 7.25. The van der Waals surface area contributed by atoms with Crippen LogP contribution < -0.4 is 10.1 Å². The Morgan fingerprint density at radius 1 is 1.41 bits per heavy atom. The molecule has 96 valence electrons. The molecule has 2 unspecified atom stereocenters. The minimum Gasteiger partial charge on any atom is -0.495 e. The van der Waals surface area contributed by atoms with Crippen molar-refractivity contribution >= 4 is 10.8 Å². The van der Waals surface area contributed by atoms with Gasteiger partial charge in [0, 0.05) is 11.8 Å². The van der Waals surface area contributed by atoms with Gasteiger partial charge in [0.1, 0.15) is 5.75 Å². The van der Waals surface area contributed by atoms with Crippen LogP contribution in [0, 0.1) is 0 Å². The maximum absolute atomic E-state index is 12.1. The molecule has 0 aliphatic heterocycles. The molecule has 0 heterocycles. The summed E-state index contributed by atoms with van der Waals surface area (Å²) in [6.45, 7) is 5.14. The van der Waals surface area contributed by atoms with Crippen molar-refractivity contribution in [3.05, 3.63) is 24.3 Å². The van der Waals surface area contributed by atoms with Crippen molar-refractivity contribution < 1.29 is 8.95 Å². The quantitative estimate of drug-likeness (QED) is 0.811. The average Bonchev–Trinajstić information content (AvgIpc) is 2.36. The Kier molecular flexibility index (Phi) is 6.22. The van der Waals surface area contributed by atoms with E-state index in [0.717, 1.165) is 17.9 Å². The van der Waals surface area contributed by atoms with Crippen molar-refractivity contribution in [1.29, 1.82) is 0 Å². The molecule has 1 rings (SSSR count). The molecule has 0 amide bonds. The Balaban J connectivity index is 2.58. The molecule has 1 N–H and O–H groups in total. The molecule has 0 saturated carbocycles. The van der Waals surface area contributed by atoms with Crippen LogP contribution in [0.1, 0.15) is 20.3 Å². The van der Waals surface area contributed by atoms with Crippen LogP contribution in [-0.4, -0.2) is 29.7 Å². The van der Waals surface area contributed by atoms with Crippen LogP contribution in [0.2, 0.25) is 0 Å². The molecular weight excluding hydrogens is 234 g/mol. The lowest BCUT2D eigenvalue weighted by atomic mass is 10.3. The van der Waals surface area contributed by atoms with Gasteiger partial charge >= 0.3 is 0 Å². The Morgan fingerprint density at radius 2 is 2.12 bits per heavy atom. The summed E-state index contributed by atoms with van der Waals surface area (Å²) in [5.74, 6) is 1.37. The summed E-state index contributed by atoms with van der Waals surface area (Å²) in [5.41, 5.74) is 0. The zero-order valence-electron chi connectivity index (χ0n) is 10.7. The molecule has 0 spiro atoms. The van der Waals surface area contributed by atoms with E-state index in [9.17, 15) is 4.21 Å². The van der Waals surface area contributed by atoms with Gasteiger partial charge < -0.3 is 10.1 Å². The third kappa shape index (κ3) is 4.48. The Morgan fingerprint density at radius 3 is 2.76 bits per heavy atom. The second-order valence-electron chi connectivity index (χ2n) is 3.95. The number of ether oxygens (including phenoxy) is 1. The lowest BCUT2D eigenvalue weighted by Crippen LogP contribution is -2.27. The maximum atomic E-state index is 12.1. The Bertz CT molecular complexity index is 368. The molecule has 1 aromatic rings. The maximum Gasteiger partial charge on any atom is 0.134 e. The van der Waals surface area contributed by atoms with Gasteiger partial charge in [-0.05, 0) is 32.0 Å². The van der Waals surface area contributed by atoms with Gasteiger partial charge in [-0.3, -0.25) is 4.21 Å². The standard InChI is InChI=1S/C13H21NO2S/c1-4-14-11(2)9-10-17(15)13-8-6-5-7-12(13)16-3/h5-8,11,14H,4,9-10H2,1-3H3. The summed E-state index contributed by atoms with van der Waals surface area (Å²) in [5, 5.41) is 3.32. The van der Waals surface area contributed by atoms with E-state index >= 15 is 0 Å². The van der Waals surface area contributed by atoms with Crippen molar-refractivity contribution in [3.8, 4) is 5.75 Å². The van der Waals surface area contributed by atoms with Crippen molar-refractivity contribution in [2.24, 2.45) is 0 Å². The van der Waals surface area contributed by atoms with Crippen molar-refractivity contribution in [2.45, 2.75) is 31.2 Å². The van der Waals surface area contributed by atoms with Gasteiger partial charge in [-0.15, -0.1) is 0 Å². The largest absolute Gasteiger partial charge is 0.495 e. The highest BCUT2D eigenvalue weighted by Crippen LogP contribution is 2.21. The average molecular weight is 255 g/mol. The first kappa shape index (κ1) is 14.2. The van der Waals surface area contributed by atoms with E-state index in [4.69, 9.17) is 4.74 Å². The zero-order valence-corrected chi connectivity index (χ0v) is 11.5. The highest BCUT2D eigenvalue weighted by Gasteiger charge is 2.11. The van der Waals surface area contributed by atoms with Crippen LogP contribution in [0.5, 0.6) is 5.75 Å². The molecule has 0 aromatic heterocycles. The molecule has 0 bridgehead atoms. The SMILES string of the molecule is CCNC(C)CCS(=O)c1ccccc1OC. The van der Waals surface area contributed by atoms with E-state index in [2.05, 4.69) is 19.2 Å². The topological polar surface area (TPSA) is 38.3 Å². The third-order valence-electron chi connectivity index (χ3n) is 2.60. The van der Waals surface area contributed by atoms with Crippen LogP contribution >= 0.6 is 0 Å². The fourth-order valence-corrected chi connectivity index (χ4v) is 3.04. The molecule has 0 radical (unpaired) electrons. The monoisotopic (exact) mass is 255 g/mol. The van der Waals surface area contributed by atoms with E-state index in [0.29, 0.717) is 17.5 Å². The molecular formula is C13H21NO2S. The molecule has 0 saturated heterocycles. The second-order valence-corrected chi connectivity index (χ2v) is 5.49. The lowest BCUT2D eigenvalue weighted by Gasteiger charge is -2.12. The van der Waals surface area contributed by atoms with Gasteiger partial charge in [0.25, 0.3) is 0 Å². The third-order valence-corrected chi connectivity index (χ3v) is 4.04. The molecule has 4 heteroatoms. The molecule has 1 aromatic carbocycles. The zero-order chi connectivity index (χ0) is 12.7. The minimum atomic E-state index is -0.984. The number of methoxy groups -OCH3 is 1. The summed E-state index contributed by atoms with van der Waals surface area (Å²) in [7, 11) is 0.624.